The molecule has 21 heavy (non-hydrogen) atoms. The number of amides is 1. The van der Waals surface area contributed by atoms with Crippen molar-refractivity contribution < 1.29 is 14.4 Å². The Morgan fingerprint density at radius 2 is 2.10 bits per heavy atom. The van der Waals surface area contributed by atoms with Gasteiger partial charge in [0, 0.05) is 29.4 Å². The molecule has 1 aromatic rings. The van der Waals surface area contributed by atoms with Gasteiger partial charge < -0.3 is 4.90 Å². The summed E-state index contributed by atoms with van der Waals surface area (Å²) in [5.41, 5.74) is 1.56. The SMILES string of the molecule is CCC(=O)CCC(C(C)=O)N1Cc2ccc(Br)cc2C1=O. The van der Waals surface area contributed by atoms with Crippen molar-refractivity contribution in [3.05, 3.63) is 33.8 Å². The van der Waals surface area contributed by atoms with Crippen LogP contribution in [0.25, 0.3) is 0 Å². The molecular formula is C16H18BrNO3. The molecule has 1 aromatic carbocycles. The van der Waals surface area contributed by atoms with Crippen molar-refractivity contribution in [1.82, 2.24) is 4.90 Å². The number of benzene rings is 1. The number of nitrogens with zero attached hydrogens (tertiary/aromatic N) is 1. The minimum atomic E-state index is -0.515. The van der Waals surface area contributed by atoms with E-state index in [1.54, 1.807) is 17.9 Å². The number of ketones is 2. The van der Waals surface area contributed by atoms with Crippen LogP contribution in [0.2, 0.25) is 0 Å². The summed E-state index contributed by atoms with van der Waals surface area (Å²) in [4.78, 5) is 37.4. The van der Waals surface area contributed by atoms with Gasteiger partial charge in [-0.3, -0.25) is 14.4 Å². The quantitative estimate of drug-likeness (QED) is 0.791. The van der Waals surface area contributed by atoms with E-state index in [1.807, 2.05) is 12.1 Å². The normalized spacial score (nSPS) is 15.0. The molecule has 4 nitrogen and oxygen atoms in total. The predicted octanol–water partition coefficient (Wildman–Crippen LogP) is 3.12. The second-order valence-electron chi connectivity index (χ2n) is 5.29. The molecule has 1 atom stereocenters. The lowest BCUT2D eigenvalue weighted by atomic mass is 10.0. The first-order valence-electron chi connectivity index (χ1n) is 7.05. The minimum absolute atomic E-state index is 0.0703. The van der Waals surface area contributed by atoms with Crippen LogP contribution in [0, 0.1) is 0 Å². The van der Waals surface area contributed by atoms with E-state index in [1.165, 1.54) is 6.92 Å². The first-order valence-corrected chi connectivity index (χ1v) is 7.85. The predicted molar refractivity (Wildman–Crippen MR) is 83.0 cm³/mol. The average Bonchev–Trinajstić information content (AvgIpc) is 2.76. The zero-order valence-corrected chi connectivity index (χ0v) is 13.8. The van der Waals surface area contributed by atoms with Crippen LogP contribution < -0.4 is 0 Å². The fourth-order valence-electron chi connectivity index (χ4n) is 2.60. The molecule has 0 spiro atoms. The summed E-state index contributed by atoms with van der Waals surface area (Å²) in [7, 11) is 0. The van der Waals surface area contributed by atoms with Crippen LogP contribution in [0.1, 0.15) is 49.0 Å². The van der Waals surface area contributed by atoms with Gasteiger partial charge in [-0.1, -0.05) is 28.9 Å². The lowest BCUT2D eigenvalue weighted by Crippen LogP contribution is -2.40. The van der Waals surface area contributed by atoms with Crippen LogP contribution in [0.5, 0.6) is 0 Å². The van der Waals surface area contributed by atoms with E-state index < -0.39 is 6.04 Å². The van der Waals surface area contributed by atoms with Crippen molar-refractivity contribution in [1.29, 1.82) is 0 Å². The number of Topliss-reactive ketones (excluding diaryl/α,β-unsaturated/α-hetero) is 2. The molecule has 0 aliphatic carbocycles. The number of fused-ring (bicyclic) bond motifs is 1. The average molecular weight is 352 g/mol. The lowest BCUT2D eigenvalue weighted by Gasteiger charge is -2.25. The topological polar surface area (TPSA) is 54.5 Å². The molecule has 1 aliphatic rings. The van der Waals surface area contributed by atoms with Gasteiger partial charge in [0.1, 0.15) is 5.78 Å². The molecule has 2 rings (SSSR count). The molecule has 112 valence electrons. The van der Waals surface area contributed by atoms with Crippen LogP contribution in [-0.2, 0) is 16.1 Å². The number of hydrogen-bond acceptors (Lipinski definition) is 3. The Kier molecular flexibility index (Phi) is 4.93. The molecule has 1 amide bonds. The third kappa shape index (κ3) is 3.40. The zero-order chi connectivity index (χ0) is 15.6. The van der Waals surface area contributed by atoms with Crippen LogP contribution >= 0.6 is 15.9 Å². The van der Waals surface area contributed by atoms with Gasteiger partial charge in [0.15, 0.2) is 5.78 Å². The summed E-state index contributed by atoms with van der Waals surface area (Å²) in [6.45, 7) is 3.72. The summed E-state index contributed by atoms with van der Waals surface area (Å²) in [5, 5.41) is 0. The number of rotatable bonds is 6. The maximum atomic E-state index is 12.5. The smallest absolute Gasteiger partial charge is 0.255 e. The van der Waals surface area contributed by atoms with Crippen molar-refractivity contribution in [2.75, 3.05) is 0 Å². The van der Waals surface area contributed by atoms with Crippen molar-refractivity contribution in [3.63, 3.8) is 0 Å². The van der Waals surface area contributed by atoms with E-state index in [-0.39, 0.29) is 17.5 Å². The van der Waals surface area contributed by atoms with Crippen molar-refractivity contribution >= 4 is 33.4 Å². The van der Waals surface area contributed by atoms with E-state index in [4.69, 9.17) is 0 Å². The van der Waals surface area contributed by atoms with Gasteiger partial charge in [0.2, 0.25) is 0 Å². The van der Waals surface area contributed by atoms with Gasteiger partial charge in [0.05, 0.1) is 6.04 Å². The van der Waals surface area contributed by atoms with E-state index in [0.29, 0.717) is 31.4 Å². The number of hydrogen-bond donors (Lipinski definition) is 0. The van der Waals surface area contributed by atoms with Gasteiger partial charge in [-0.05, 0) is 31.0 Å². The van der Waals surface area contributed by atoms with Crippen LogP contribution in [0.4, 0.5) is 0 Å². The Bertz CT molecular complexity index is 597. The number of carbonyl (C=O) groups is 3. The molecule has 0 radical (unpaired) electrons. The summed E-state index contributed by atoms with van der Waals surface area (Å²) in [6.07, 6.45) is 1.21. The molecule has 0 bridgehead atoms. The highest BCUT2D eigenvalue weighted by molar-refractivity contribution is 9.10. The summed E-state index contributed by atoms with van der Waals surface area (Å²) < 4.78 is 0.844. The minimum Gasteiger partial charge on any atom is -0.324 e. The molecule has 1 heterocycles. The molecular weight excluding hydrogens is 334 g/mol. The Hall–Kier alpha value is -1.49. The molecule has 5 heteroatoms. The molecule has 0 saturated carbocycles. The van der Waals surface area contributed by atoms with Crippen LogP contribution in [0.3, 0.4) is 0 Å². The van der Waals surface area contributed by atoms with Gasteiger partial charge in [-0.15, -0.1) is 0 Å². The second kappa shape index (κ2) is 6.52. The first kappa shape index (κ1) is 15.9. The monoisotopic (exact) mass is 351 g/mol. The zero-order valence-electron chi connectivity index (χ0n) is 12.2. The molecule has 0 fully saturated rings. The maximum Gasteiger partial charge on any atom is 0.255 e. The maximum absolute atomic E-state index is 12.5. The molecule has 1 aliphatic heterocycles. The molecule has 1 unspecified atom stereocenters. The van der Waals surface area contributed by atoms with E-state index in [0.717, 1.165) is 10.0 Å². The molecule has 0 N–H and O–H groups in total. The van der Waals surface area contributed by atoms with Crippen LogP contribution in [0.15, 0.2) is 22.7 Å². The van der Waals surface area contributed by atoms with Crippen molar-refractivity contribution in [3.8, 4) is 0 Å². The van der Waals surface area contributed by atoms with Gasteiger partial charge in [0.25, 0.3) is 5.91 Å². The Morgan fingerprint density at radius 1 is 1.38 bits per heavy atom. The van der Waals surface area contributed by atoms with E-state index in [2.05, 4.69) is 15.9 Å². The Morgan fingerprint density at radius 3 is 2.71 bits per heavy atom. The summed E-state index contributed by atoms with van der Waals surface area (Å²) in [6, 6.07) is 5.05. The largest absolute Gasteiger partial charge is 0.324 e. The van der Waals surface area contributed by atoms with Gasteiger partial charge >= 0.3 is 0 Å². The fourth-order valence-corrected chi connectivity index (χ4v) is 2.96. The highest BCUT2D eigenvalue weighted by Crippen LogP contribution is 2.28. The highest BCUT2D eigenvalue weighted by atomic mass is 79.9. The van der Waals surface area contributed by atoms with E-state index in [9.17, 15) is 14.4 Å². The van der Waals surface area contributed by atoms with Crippen molar-refractivity contribution in [2.45, 2.75) is 45.7 Å². The summed E-state index contributed by atoms with van der Waals surface area (Å²) >= 11 is 3.36. The molecule has 0 saturated heterocycles. The standard InChI is InChI=1S/C16H18BrNO3/c1-3-13(20)6-7-15(10(2)19)18-9-11-4-5-12(17)8-14(11)16(18)21/h4-5,8,15H,3,6-7,9H2,1-2H3. The second-order valence-corrected chi connectivity index (χ2v) is 6.21. The number of halogens is 1. The third-order valence-electron chi connectivity index (χ3n) is 3.84. The Balaban J connectivity index is 2.18. The third-order valence-corrected chi connectivity index (χ3v) is 4.33. The van der Waals surface area contributed by atoms with E-state index >= 15 is 0 Å². The van der Waals surface area contributed by atoms with Crippen molar-refractivity contribution in [2.24, 2.45) is 0 Å². The molecule has 0 aromatic heterocycles. The van der Waals surface area contributed by atoms with Gasteiger partial charge in [-0.2, -0.15) is 0 Å². The highest BCUT2D eigenvalue weighted by Gasteiger charge is 2.34. The fraction of sp³-hybridized carbons (Fsp3) is 0.438. The first-order chi connectivity index (χ1) is 9.93. The van der Waals surface area contributed by atoms with Gasteiger partial charge in [-0.25, -0.2) is 0 Å². The Labute approximate surface area is 132 Å². The lowest BCUT2D eigenvalue weighted by molar-refractivity contribution is -0.122. The summed E-state index contributed by atoms with van der Waals surface area (Å²) in [5.74, 6) is -0.0808. The number of carbonyl (C=O) groups excluding carboxylic acids is 3. The van der Waals surface area contributed by atoms with Crippen LogP contribution in [-0.4, -0.2) is 28.4 Å².